The summed E-state index contributed by atoms with van der Waals surface area (Å²) >= 11 is 0. The molecule has 4 heteroatoms. The van der Waals surface area contributed by atoms with Crippen molar-refractivity contribution in [1.29, 1.82) is 0 Å². The van der Waals surface area contributed by atoms with Crippen LogP contribution in [0.3, 0.4) is 0 Å². The molecule has 0 saturated heterocycles. The highest BCUT2D eigenvalue weighted by atomic mass is 19.1. The quantitative estimate of drug-likeness (QED) is 0.720. The summed E-state index contributed by atoms with van der Waals surface area (Å²) in [6.07, 6.45) is 0. The fraction of sp³-hybridized carbons (Fsp3) is 0.0952. The number of amides is 1. The van der Waals surface area contributed by atoms with Gasteiger partial charge in [0.25, 0.3) is 0 Å². The second kappa shape index (κ2) is 7.73. The summed E-state index contributed by atoms with van der Waals surface area (Å²) in [6, 6.07) is 23.6. The lowest BCUT2D eigenvalue weighted by molar-refractivity contribution is 0.1000. The Kier molecular flexibility index (Phi) is 5.21. The Morgan fingerprint density at radius 3 is 2.28 bits per heavy atom. The van der Waals surface area contributed by atoms with Crippen molar-refractivity contribution in [1.82, 2.24) is 5.32 Å². The molecule has 3 aromatic rings. The normalized spacial score (nSPS) is 11.9. The van der Waals surface area contributed by atoms with Gasteiger partial charge in [-0.3, -0.25) is 4.79 Å². The molecule has 3 aromatic carbocycles. The molecule has 0 fully saturated rings. The maximum absolute atomic E-state index is 13.3. The molecule has 0 aliphatic rings. The Hall–Kier alpha value is -2.98. The third-order valence-corrected chi connectivity index (χ3v) is 4.06. The van der Waals surface area contributed by atoms with E-state index in [4.69, 9.17) is 5.73 Å². The first-order valence-corrected chi connectivity index (χ1v) is 8.06. The fourth-order valence-electron chi connectivity index (χ4n) is 2.78. The third-order valence-electron chi connectivity index (χ3n) is 4.06. The van der Waals surface area contributed by atoms with Gasteiger partial charge >= 0.3 is 0 Å². The second-order valence-corrected chi connectivity index (χ2v) is 5.84. The number of benzene rings is 3. The van der Waals surface area contributed by atoms with Crippen molar-refractivity contribution in [3.05, 3.63) is 107 Å². The molecule has 0 heterocycles. The van der Waals surface area contributed by atoms with Crippen LogP contribution in [0.2, 0.25) is 0 Å². The van der Waals surface area contributed by atoms with E-state index in [9.17, 15) is 9.18 Å². The SMILES string of the molecule is NC(=O)c1cccc(CNC(c2ccccc2)c2ccc(F)cc2)c1. The number of primary amides is 1. The zero-order valence-corrected chi connectivity index (χ0v) is 13.7. The molecule has 3 N–H and O–H groups in total. The lowest BCUT2D eigenvalue weighted by Crippen LogP contribution is -2.22. The number of carbonyl (C=O) groups excluding carboxylic acids is 1. The van der Waals surface area contributed by atoms with E-state index >= 15 is 0 Å². The molecule has 0 radical (unpaired) electrons. The van der Waals surface area contributed by atoms with Crippen LogP contribution in [-0.4, -0.2) is 5.91 Å². The van der Waals surface area contributed by atoms with Crippen LogP contribution in [0.25, 0.3) is 0 Å². The molecule has 25 heavy (non-hydrogen) atoms. The van der Waals surface area contributed by atoms with E-state index in [-0.39, 0.29) is 11.9 Å². The Morgan fingerprint density at radius 1 is 0.920 bits per heavy atom. The molecule has 0 bridgehead atoms. The molecular formula is C21H19FN2O. The summed E-state index contributed by atoms with van der Waals surface area (Å²) in [5.41, 5.74) is 8.84. The van der Waals surface area contributed by atoms with Crippen molar-refractivity contribution in [2.75, 3.05) is 0 Å². The van der Waals surface area contributed by atoms with Gasteiger partial charge < -0.3 is 11.1 Å². The number of nitrogens with two attached hydrogens (primary N) is 1. The molecule has 0 aromatic heterocycles. The van der Waals surface area contributed by atoms with Gasteiger partial charge in [-0.2, -0.15) is 0 Å². The Morgan fingerprint density at radius 2 is 1.60 bits per heavy atom. The van der Waals surface area contributed by atoms with E-state index in [0.717, 1.165) is 16.7 Å². The van der Waals surface area contributed by atoms with Gasteiger partial charge in [-0.05, 0) is 41.0 Å². The minimum atomic E-state index is -0.444. The predicted octanol–water partition coefficient (Wildman–Crippen LogP) is 3.80. The Balaban J connectivity index is 1.84. The zero-order valence-electron chi connectivity index (χ0n) is 13.7. The van der Waals surface area contributed by atoms with E-state index < -0.39 is 5.91 Å². The van der Waals surface area contributed by atoms with Crippen molar-refractivity contribution >= 4 is 5.91 Å². The summed E-state index contributed by atoms with van der Waals surface area (Å²) in [5.74, 6) is -0.704. The number of hydrogen-bond acceptors (Lipinski definition) is 2. The van der Waals surface area contributed by atoms with Gasteiger partial charge in [0.1, 0.15) is 5.82 Å². The highest BCUT2D eigenvalue weighted by Gasteiger charge is 2.14. The largest absolute Gasteiger partial charge is 0.366 e. The summed E-state index contributed by atoms with van der Waals surface area (Å²) in [6.45, 7) is 0.554. The highest BCUT2D eigenvalue weighted by molar-refractivity contribution is 5.92. The third kappa shape index (κ3) is 4.31. The number of halogens is 1. The van der Waals surface area contributed by atoms with Gasteiger partial charge in [-0.25, -0.2) is 4.39 Å². The molecule has 0 aliphatic heterocycles. The predicted molar refractivity (Wildman–Crippen MR) is 96.5 cm³/mol. The monoisotopic (exact) mass is 334 g/mol. The van der Waals surface area contributed by atoms with Crippen LogP contribution in [0.15, 0.2) is 78.9 Å². The van der Waals surface area contributed by atoms with E-state index in [1.54, 1.807) is 24.3 Å². The average molecular weight is 334 g/mol. The van der Waals surface area contributed by atoms with Crippen LogP contribution < -0.4 is 11.1 Å². The van der Waals surface area contributed by atoms with Gasteiger partial charge in [0.2, 0.25) is 5.91 Å². The van der Waals surface area contributed by atoms with E-state index in [2.05, 4.69) is 5.32 Å². The molecule has 1 atom stereocenters. The Labute approximate surface area is 146 Å². The maximum Gasteiger partial charge on any atom is 0.248 e. The Bertz CT molecular complexity index is 847. The van der Waals surface area contributed by atoms with Gasteiger partial charge in [-0.1, -0.05) is 54.6 Å². The maximum atomic E-state index is 13.3. The van der Waals surface area contributed by atoms with Crippen LogP contribution in [0.1, 0.15) is 33.1 Å². The van der Waals surface area contributed by atoms with E-state index in [1.165, 1.54) is 12.1 Å². The summed E-state index contributed by atoms with van der Waals surface area (Å²) in [7, 11) is 0. The molecule has 1 amide bonds. The standard InChI is InChI=1S/C21H19FN2O/c22-19-11-9-17(10-12-19)20(16-6-2-1-3-7-16)24-14-15-5-4-8-18(13-15)21(23)25/h1-13,20,24H,14H2,(H2,23,25). The molecule has 3 nitrogen and oxygen atoms in total. The topological polar surface area (TPSA) is 55.1 Å². The summed E-state index contributed by atoms with van der Waals surface area (Å²) in [4.78, 5) is 11.3. The van der Waals surface area contributed by atoms with Crippen molar-refractivity contribution < 1.29 is 9.18 Å². The van der Waals surface area contributed by atoms with Crippen molar-refractivity contribution in [2.24, 2.45) is 5.73 Å². The first kappa shape index (κ1) is 16.9. The summed E-state index contributed by atoms with van der Waals surface area (Å²) < 4.78 is 13.3. The number of carbonyl (C=O) groups is 1. The van der Waals surface area contributed by atoms with Crippen molar-refractivity contribution in [2.45, 2.75) is 12.6 Å². The van der Waals surface area contributed by atoms with Crippen molar-refractivity contribution in [3.8, 4) is 0 Å². The summed E-state index contributed by atoms with van der Waals surface area (Å²) in [5, 5.41) is 3.48. The van der Waals surface area contributed by atoms with E-state index in [0.29, 0.717) is 12.1 Å². The molecular weight excluding hydrogens is 315 g/mol. The lowest BCUT2D eigenvalue weighted by atomic mass is 9.98. The average Bonchev–Trinajstić information content (AvgIpc) is 2.64. The smallest absolute Gasteiger partial charge is 0.248 e. The first-order valence-electron chi connectivity index (χ1n) is 8.06. The van der Waals surface area contributed by atoms with Gasteiger partial charge in [0.05, 0.1) is 6.04 Å². The van der Waals surface area contributed by atoms with E-state index in [1.807, 2.05) is 42.5 Å². The lowest BCUT2D eigenvalue weighted by Gasteiger charge is -2.20. The number of hydrogen-bond donors (Lipinski definition) is 2. The van der Waals surface area contributed by atoms with Crippen LogP contribution in [0, 0.1) is 5.82 Å². The van der Waals surface area contributed by atoms with Crippen LogP contribution in [-0.2, 0) is 6.54 Å². The van der Waals surface area contributed by atoms with Gasteiger partial charge in [-0.15, -0.1) is 0 Å². The fourth-order valence-corrected chi connectivity index (χ4v) is 2.78. The minimum absolute atomic E-state index is 0.0842. The molecule has 1 unspecified atom stereocenters. The van der Waals surface area contributed by atoms with Crippen LogP contribution in [0.4, 0.5) is 4.39 Å². The first-order chi connectivity index (χ1) is 12.1. The minimum Gasteiger partial charge on any atom is -0.366 e. The molecule has 126 valence electrons. The molecule has 3 rings (SSSR count). The van der Waals surface area contributed by atoms with Crippen LogP contribution >= 0.6 is 0 Å². The van der Waals surface area contributed by atoms with Crippen molar-refractivity contribution in [3.63, 3.8) is 0 Å². The molecule has 0 spiro atoms. The second-order valence-electron chi connectivity index (χ2n) is 5.84. The number of nitrogens with one attached hydrogen (secondary N) is 1. The molecule has 0 aliphatic carbocycles. The van der Waals surface area contributed by atoms with Crippen LogP contribution in [0.5, 0.6) is 0 Å². The van der Waals surface area contributed by atoms with Gasteiger partial charge in [0.15, 0.2) is 0 Å². The zero-order chi connectivity index (χ0) is 17.6. The number of rotatable bonds is 6. The highest BCUT2D eigenvalue weighted by Crippen LogP contribution is 2.23. The molecule has 0 saturated carbocycles. The van der Waals surface area contributed by atoms with Gasteiger partial charge in [0, 0.05) is 12.1 Å².